The van der Waals surface area contributed by atoms with E-state index in [0.29, 0.717) is 16.3 Å². The van der Waals surface area contributed by atoms with Gasteiger partial charge in [-0.15, -0.1) is 0 Å². The largest absolute Gasteiger partial charge is 0.508 e. The fraction of sp³-hybridized carbons (Fsp3) is 0.125. The second kappa shape index (κ2) is 4.01. The van der Waals surface area contributed by atoms with Crippen molar-refractivity contribution in [2.24, 2.45) is 0 Å². The summed E-state index contributed by atoms with van der Waals surface area (Å²) in [6, 6.07) is 4.60. The van der Waals surface area contributed by atoms with E-state index >= 15 is 0 Å². The summed E-state index contributed by atoms with van der Waals surface area (Å²) in [7, 11) is 1.52. The van der Waals surface area contributed by atoms with Crippen LogP contribution in [0.5, 0.6) is 11.5 Å². The maximum atomic E-state index is 10.2. The van der Waals surface area contributed by atoms with Gasteiger partial charge in [-0.2, -0.15) is 0 Å². The van der Waals surface area contributed by atoms with E-state index in [1.165, 1.54) is 19.2 Å². The molecule has 0 aliphatic heterocycles. The van der Waals surface area contributed by atoms with Crippen molar-refractivity contribution in [2.75, 3.05) is 7.11 Å². The lowest BCUT2D eigenvalue weighted by molar-refractivity contribution is 0.401. The molecular formula is C8H8O3S. The number of methoxy groups -OCH3 is 1. The minimum atomic E-state index is 0.125. The predicted molar refractivity (Wildman–Crippen MR) is 47.3 cm³/mol. The fourth-order valence-corrected chi connectivity index (χ4v) is 1.37. The molecule has 1 aromatic rings. The molecule has 0 unspecified atom stereocenters. The van der Waals surface area contributed by atoms with Gasteiger partial charge in [-0.25, -0.2) is 0 Å². The van der Waals surface area contributed by atoms with E-state index in [9.17, 15) is 4.79 Å². The van der Waals surface area contributed by atoms with Crippen molar-refractivity contribution in [3.63, 3.8) is 0 Å². The van der Waals surface area contributed by atoms with Crippen LogP contribution in [0.3, 0.4) is 0 Å². The number of hydrogen-bond acceptors (Lipinski definition) is 4. The zero-order chi connectivity index (χ0) is 8.97. The molecule has 0 heterocycles. The third kappa shape index (κ3) is 1.92. The highest BCUT2D eigenvalue weighted by atomic mass is 32.2. The lowest BCUT2D eigenvalue weighted by Gasteiger charge is -2.04. The Kier molecular flexibility index (Phi) is 2.99. The van der Waals surface area contributed by atoms with Crippen LogP contribution in [0.2, 0.25) is 0 Å². The topological polar surface area (TPSA) is 46.5 Å². The zero-order valence-corrected chi connectivity index (χ0v) is 7.30. The van der Waals surface area contributed by atoms with Crippen molar-refractivity contribution in [3.8, 4) is 11.5 Å². The second-order valence-electron chi connectivity index (χ2n) is 2.05. The number of phenols is 1. The van der Waals surface area contributed by atoms with E-state index in [2.05, 4.69) is 0 Å². The monoisotopic (exact) mass is 184 g/mol. The number of ether oxygens (including phenoxy) is 1. The summed E-state index contributed by atoms with van der Waals surface area (Å²) in [5, 5.41) is 9.07. The van der Waals surface area contributed by atoms with Gasteiger partial charge in [-0.3, -0.25) is 4.79 Å². The van der Waals surface area contributed by atoms with E-state index in [4.69, 9.17) is 9.84 Å². The van der Waals surface area contributed by atoms with E-state index in [0.717, 1.165) is 11.8 Å². The Labute approximate surface area is 74.4 Å². The molecule has 1 rings (SSSR count). The normalized spacial score (nSPS) is 9.42. The first-order valence-electron chi connectivity index (χ1n) is 3.25. The summed E-state index contributed by atoms with van der Waals surface area (Å²) in [5.74, 6) is 0.713. The zero-order valence-electron chi connectivity index (χ0n) is 6.48. The average Bonchev–Trinajstić information content (AvgIpc) is 2.05. The number of thioether (sulfide) groups is 1. The van der Waals surface area contributed by atoms with E-state index in [-0.39, 0.29) is 5.75 Å². The third-order valence-electron chi connectivity index (χ3n) is 1.32. The predicted octanol–water partition coefficient (Wildman–Crippen LogP) is 1.68. The highest BCUT2D eigenvalue weighted by Crippen LogP contribution is 2.30. The molecular weight excluding hydrogens is 176 g/mol. The van der Waals surface area contributed by atoms with Gasteiger partial charge < -0.3 is 9.84 Å². The van der Waals surface area contributed by atoms with Crippen LogP contribution >= 0.6 is 11.8 Å². The maximum absolute atomic E-state index is 10.2. The smallest absolute Gasteiger partial charge is 0.181 e. The van der Waals surface area contributed by atoms with E-state index < -0.39 is 0 Å². The molecule has 0 saturated carbocycles. The quantitative estimate of drug-likeness (QED) is 0.573. The number of aromatic hydroxyl groups is 1. The van der Waals surface area contributed by atoms with Gasteiger partial charge >= 0.3 is 0 Å². The van der Waals surface area contributed by atoms with Crippen LogP contribution in [-0.4, -0.2) is 17.8 Å². The standard InChI is InChI=1S/C8H8O3S/c1-11-7-3-2-6(10)4-8(7)12-5-9/h2-5,10H,1H3. The number of carbonyl (C=O) groups excluding carboxylic acids is 1. The summed E-state index contributed by atoms with van der Waals surface area (Å²) in [4.78, 5) is 10.8. The summed E-state index contributed by atoms with van der Waals surface area (Å²) < 4.78 is 4.96. The number of benzene rings is 1. The van der Waals surface area contributed by atoms with Crippen molar-refractivity contribution >= 4 is 17.4 Å². The van der Waals surface area contributed by atoms with Gasteiger partial charge in [0.2, 0.25) is 0 Å². The number of carbonyl (C=O) groups is 1. The molecule has 1 N–H and O–H groups in total. The van der Waals surface area contributed by atoms with Crippen LogP contribution in [0.4, 0.5) is 0 Å². The molecule has 0 aliphatic carbocycles. The Morgan fingerprint density at radius 2 is 2.33 bits per heavy atom. The summed E-state index contributed by atoms with van der Waals surface area (Å²) >= 11 is 0.975. The summed E-state index contributed by atoms with van der Waals surface area (Å²) in [6.07, 6.45) is 0. The Bertz CT molecular complexity index is 286. The molecule has 3 nitrogen and oxygen atoms in total. The Morgan fingerprint density at radius 1 is 1.58 bits per heavy atom. The number of rotatable bonds is 3. The highest BCUT2D eigenvalue weighted by molar-refractivity contribution is 8.12. The van der Waals surface area contributed by atoms with Crippen molar-refractivity contribution in [1.82, 2.24) is 0 Å². The van der Waals surface area contributed by atoms with Gasteiger partial charge in [0.25, 0.3) is 0 Å². The van der Waals surface area contributed by atoms with Gasteiger partial charge in [0, 0.05) is 0 Å². The Hall–Kier alpha value is -1.16. The molecule has 64 valence electrons. The summed E-state index contributed by atoms with van der Waals surface area (Å²) in [5.41, 5.74) is 0.692. The van der Waals surface area contributed by atoms with Gasteiger partial charge in [-0.1, -0.05) is 11.8 Å². The van der Waals surface area contributed by atoms with Crippen molar-refractivity contribution in [3.05, 3.63) is 18.2 Å². The van der Waals surface area contributed by atoms with E-state index in [1.807, 2.05) is 0 Å². The van der Waals surface area contributed by atoms with Gasteiger partial charge in [0.1, 0.15) is 11.5 Å². The molecule has 0 aliphatic rings. The lowest BCUT2D eigenvalue weighted by atomic mass is 10.3. The number of phenolic OH excluding ortho intramolecular Hbond substituents is 1. The fourth-order valence-electron chi connectivity index (χ4n) is 0.809. The van der Waals surface area contributed by atoms with Crippen molar-refractivity contribution < 1.29 is 14.6 Å². The van der Waals surface area contributed by atoms with Crippen LogP contribution in [0, 0.1) is 0 Å². The average molecular weight is 184 g/mol. The minimum Gasteiger partial charge on any atom is -0.508 e. The molecule has 0 saturated heterocycles. The van der Waals surface area contributed by atoms with Crippen LogP contribution in [0.15, 0.2) is 23.1 Å². The number of hydrogen-bond donors (Lipinski definition) is 1. The molecule has 12 heavy (non-hydrogen) atoms. The van der Waals surface area contributed by atoms with Crippen LogP contribution < -0.4 is 4.74 Å². The minimum absolute atomic E-state index is 0.125. The van der Waals surface area contributed by atoms with E-state index in [1.54, 1.807) is 6.07 Å². The molecule has 0 bridgehead atoms. The molecule has 0 spiro atoms. The first-order chi connectivity index (χ1) is 5.77. The SMILES string of the molecule is COc1ccc(O)cc1SC=O. The van der Waals surface area contributed by atoms with Crippen LogP contribution in [-0.2, 0) is 4.79 Å². The molecule has 0 aromatic heterocycles. The summed E-state index contributed by atoms with van der Waals surface area (Å²) in [6.45, 7) is 0. The molecule has 0 atom stereocenters. The molecule has 0 amide bonds. The van der Waals surface area contributed by atoms with Crippen LogP contribution in [0.25, 0.3) is 0 Å². The first kappa shape index (κ1) is 8.93. The molecule has 0 radical (unpaired) electrons. The molecule has 1 aromatic carbocycles. The van der Waals surface area contributed by atoms with Crippen molar-refractivity contribution in [2.45, 2.75) is 4.90 Å². The van der Waals surface area contributed by atoms with Crippen molar-refractivity contribution in [1.29, 1.82) is 0 Å². The van der Waals surface area contributed by atoms with Crippen LogP contribution in [0.1, 0.15) is 0 Å². The molecule has 4 heteroatoms. The second-order valence-corrected chi connectivity index (χ2v) is 2.92. The highest BCUT2D eigenvalue weighted by Gasteiger charge is 2.03. The Balaban J connectivity index is 3.03. The van der Waals surface area contributed by atoms with Gasteiger partial charge in [-0.05, 0) is 18.2 Å². The van der Waals surface area contributed by atoms with Gasteiger partial charge in [0.15, 0.2) is 5.62 Å². The molecule has 0 fully saturated rings. The van der Waals surface area contributed by atoms with Gasteiger partial charge in [0.05, 0.1) is 12.0 Å². The maximum Gasteiger partial charge on any atom is 0.181 e. The third-order valence-corrected chi connectivity index (χ3v) is 1.99. The Morgan fingerprint density at radius 3 is 2.92 bits per heavy atom. The lowest BCUT2D eigenvalue weighted by Crippen LogP contribution is -1.85. The first-order valence-corrected chi connectivity index (χ1v) is 4.13.